The second-order valence-electron chi connectivity index (χ2n) is 10.8. The molecule has 0 aromatic heterocycles. The third-order valence-electron chi connectivity index (χ3n) is 7.74. The molecule has 1 unspecified atom stereocenters. The van der Waals surface area contributed by atoms with Crippen LogP contribution in [0.4, 0.5) is 0 Å². The summed E-state index contributed by atoms with van der Waals surface area (Å²) in [4.78, 5) is 41.0. The van der Waals surface area contributed by atoms with Crippen molar-refractivity contribution in [3.8, 4) is 5.75 Å². The fourth-order valence-electron chi connectivity index (χ4n) is 5.46. The fourth-order valence-corrected chi connectivity index (χ4v) is 5.46. The van der Waals surface area contributed by atoms with Gasteiger partial charge in [0.2, 0.25) is 17.7 Å². The van der Waals surface area contributed by atoms with Crippen LogP contribution in [0.1, 0.15) is 42.4 Å². The van der Waals surface area contributed by atoms with Gasteiger partial charge in [-0.25, -0.2) is 0 Å². The maximum absolute atomic E-state index is 13.4. The van der Waals surface area contributed by atoms with Gasteiger partial charge in [-0.05, 0) is 61.1 Å². The number of fused-ring (bicyclic) bond motifs is 1. The van der Waals surface area contributed by atoms with Gasteiger partial charge in [-0.1, -0.05) is 48.5 Å². The number of hydrogen-bond donors (Lipinski definition) is 3. The van der Waals surface area contributed by atoms with Gasteiger partial charge in [0.05, 0.1) is 12.6 Å². The summed E-state index contributed by atoms with van der Waals surface area (Å²) in [5, 5.41) is 9.37. The standard InChI is InChI=1S/C30H38N4O4/c1-34-19-26(35)33-25(17-20-7-3-2-4-8-20)29(36)31-16-6-11-22-9-5-10-23-14-15-24(38-28(22)23)18-32-27(30(34)37)21-12-13-21/h2-5,7-10,21,24-25,27,32H,6,11-19H2,1H3,(H,31,36)(H,33,35)/t24?,25-,27+/m1/s1. The van der Waals surface area contributed by atoms with E-state index in [1.54, 1.807) is 7.05 Å². The molecule has 3 aliphatic rings. The maximum atomic E-state index is 13.4. The monoisotopic (exact) mass is 518 g/mol. The van der Waals surface area contributed by atoms with Crippen molar-refractivity contribution in [2.75, 3.05) is 26.7 Å². The molecular formula is C30H38N4O4. The molecule has 5 rings (SSSR count). The van der Waals surface area contributed by atoms with Crippen LogP contribution in [0.25, 0.3) is 0 Å². The highest BCUT2D eigenvalue weighted by Crippen LogP contribution is 2.35. The molecule has 8 nitrogen and oxygen atoms in total. The third kappa shape index (κ3) is 6.54. The fraction of sp³-hybridized carbons (Fsp3) is 0.500. The van der Waals surface area contributed by atoms with Gasteiger partial charge in [-0.3, -0.25) is 14.4 Å². The van der Waals surface area contributed by atoms with E-state index in [0.29, 0.717) is 19.5 Å². The van der Waals surface area contributed by atoms with E-state index in [1.807, 2.05) is 30.3 Å². The normalized spacial score (nSPS) is 25.4. The molecule has 3 atom stereocenters. The van der Waals surface area contributed by atoms with E-state index in [4.69, 9.17) is 4.74 Å². The number of carbonyl (C=O) groups is 3. The summed E-state index contributed by atoms with van der Waals surface area (Å²) in [5.74, 6) is 0.580. The molecule has 0 saturated heterocycles. The predicted molar refractivity (Wildman–Crippen MR) is 145 cm³/mol. The number of hydrogen-bond acceptors (Lipinski definition) is 5. The molecule has 2 bridgehead atoms. The van der Waals surface area contributed by atoms with Crippen LogP contribution in [0.3, 0.4) is 0 Å². The average Bonchev–Trinajstić information content (AvgIpc) is 3.76. The summed E-state index contributed by atoms with van der Waals surface area (Å²) < 4.78 is 6.45. The summed E-state index contributed by atoms with van der Waals surface area (Å²) in [5.41, 5.74) is 3.32. The van der Waals surface area contributed by atoms with Crippen molar-refractivity contribution in [3.63, 3.8) is 0 Å². The molecular weight excluding hydrogens is 480 g/mol. The Bertz CT molecular complexity index is 1150. The molecule has 1 aliphatic carbocycles. The number of ether oxygens (including phenoxy) is 1. The van der Waals surface area contributed by atoms with E-state index in [-0.39, 0.29) is 42.3 Å². The molecule has 1 fully saturated rings. The number of carbonyl (C=O) groups excluding carboxylic acids is 3. The minimum atomic E-state index is -0.724. The Morgan fingerprint density at radius 1 is 0.947 bits per heavy atom. The first-order chi connectivity index (χ1) is 18.5. The first-order valence-electron chi connectivity index (χ1n) is 13.8. The van der Waals surface area contributed by atoms with Gasteiger partial charge in [-0.15, -0.1) is 0 Å². The Morgan fingerprint density at radius 3 is 2.47 bits per heavy atom. The van der Waals surface area contributed by atoms with E-state index in [9.17, 15) is 14.4 Å². The van der Waals surface area contributed by atoms with Crippen molar-refractivity contribution in [1.29, 1.82) is 0 Å². The summed E-state index contributed by atoms with van der Waals surface area (Å²) in [6.45, 7) is 0.991. The number of amides is 3. The Kier molecular flexibility index (Phi) is 8.27. The molecule has 2 aliphatic heterocycles. The van der Waals surface area contributed by atoms with Gasteiger partial charge in [0, 0.05) is 26.6 Å². The lowest BCUT2D eigenvalue weighted by atomic mass is 9.97. The van der Waals surface area contributed by atoms with E-state index >= 15 is 0 Å². The van der Waals surface area contributed by atoms with E-state index in [0.717, 1.165) is 55.4 Å². The van der Waals surface area contributed by atoms with Gasteiger partial charge in [0.1, 0.15) is 17.9 Å². The average molecular weight is 519 g/mol. The van der Waals surface area contributed by atoms with Gasteiger partial charge in [-0.2, -0.15) is 0 Å². The van der Waals surface area contributed by atoms with Gasteiger partial charge in [0.15, 0.2) is 0 Å². The van der Waals surface area contributed by atoms with Gasteiger partial charge < -0.3 is 25.6 Å². The number of aryl methyl sites for hydroxylation is 2. The lowest BCUT2D eigenvalue weighted by Gasteiger charge is -2.31. The Hall–Kier alpha value is -3.39. The molecule has 2 heterocycles. The molecule has 1 saturated carbocycles. The zero-order valence-corrected chi connectivity index (χ0v) is 22.1. The number of nitrogens with one attached hydrogen (secondary N) is 3. The highest BCUT2D eigenvalue weighted by atomic mass is 16.5. The van der Waals surface area contributed by atoms with Crippen molar-refractivity contribution >= 4 is 17.7 Å². The number of benzene rings is 2. The lowest BCUT2D eigenvalue weighted by Crippen LogP contribution is -2.54. The number of likely N-dealkylation sites (N-methyl/N-ethyl adjacent to an activating group) is 1. The zero-order chi connectivity index (χ0) is 26.5. The van der Waals surface area contributed by atoms with Gasteiger partial charge in [0.25, 0.3) is 0 Å². The van der Waals surface area contributed by atoms with Gasteiger partial charge >= 0.3 is 0 Å². The van der Waals surface area contributed by atoms with Crippen LogP contribution in [0, 0.1) is 5.92 Å². The van der Waals surface area contributed by atoms with E-state index < -0.39 is 6.04 Å². The summed E-state index contributed by atoms with van der Waals surface area (Å²) in [6.07, 6.45) is 5.76. The minimum Gasteiger partial charge on any atom is -0.489 e. The van der Waals surface area contributed by atoms with Crippen molar-refractivity contribution < 1.29 is 19.1 Å². The van der Waals surface area contributed by atoms with E-state index in [2.05, 4.69) is 34.1 Å². The molecule has 3 amide bonds. The molecule has 3 N–H and O–H groups in total. The van der Waals surface area contributed by atoms with Crippen LogP contribution in [0.15, 0.2) is 48.5 Å². The molecule has 38 heavy (non-hydrogen) atoms. The van der Waals surface area contributed by atoms with Crippen LogP contribution in [-0.2, 0) is 33.6 Å². The Morgan fingerprint density at radius 2 is 1.71 bits per heavy atom. The number of para-hydroxylation sites is 1. The number of nitrogens with zero attached hydrogens (tertiary/aromatic N) is 1. The molecule has 8 heteroatoms. The van der Waals surface area contributed by atoms with Crippen LogP contribution >= 0.6 is 0 Å². The minimum absolute atomic E-state index is 0.0105. The number of rotatable bonds is 3. The summed E-state index contributed by atoms with van der Waals surface area (Å²) >= 11 is 0. The second-order valence-corrected chi connectivity index (χ2v) is 10.8. The van der Waals surface area contributed by atoms with E-state index in [1.165, 1.54) is 10.5 Å². The van der Waals surface area contributed by atoms with Crippen molar-refractivity contribution in [1.82, 2.24) is 20.9 Å². The highest BCUT2D eigenvalue weighted by Gasteiger charge is 2.38. The molecule has 0 radical (unpaired) electrons. The molecule has 202 valence electrons. The third-order valence-corrected chi connectivity index (χ3v) is 7.74. The topological polar surface area (TPSA) is 99.8 Å². The zero-order valence-electron chi connectivity index (χ0n) is 22.1. The lowest BCUT2D eigenvalue weighted by molar-refractivity contribution is -0.137. The van der Waals surface area contributed by atoms with Crippen LogP contribution in [-0.4, -0.2) is 67.5 Å². The van der Waals surface area contributed by atoms with Crippen molar-refractivity contribution in [3.05, 3.63) is 65.2 Å². The largest absolute Gasteiger partial charge is 0.489 e. The summed E-state index contributed by atoms with van der Waals surface area (Å²) in [7, 11) is 1.66. The van der Waals surface area contributed by atoms with Crippen LogP contribution in [0.5, 0.6) is 5.75 Å². The Balaban J connectivity index is 1.36. The van der Waals surface area contributed by atoms with Crippen LogP contribution in [0.2, 0.25) is 0 Å². The van der Waals surface area contributed by atoms with Crippen molar-refractivity contribution in [2.45, 2.75) is 63.1 Å². The smallest absolute Gasteiger partial charge is 0.242 e. The molecule has 0 spiro atoms. The quantitative estimate of drug-likeness (QED) is 0.577. The SMILES string of the molecule is CN1CC(=O)N[C@H](Cc2ccccc2)C(=O)NCCCc2cccc3c2OC(CC3)CN[C@@H](C2CC2)C1=O. The highest BCUT2D eigenvalue weighted by molar-refractivity contribution is 5.91. The molecule has 2 aromatic carbocycles. The first kappa shape index (κ1) is 26.2. The Labute approximate surface area is 224 Å². The second kappa shape index (κ2) is 12.0. The summed E-state index contributed by atoms with van der Waals surface area (Å²) in [6, 6.07) is 14.9. The first-order valence-corrected chi connectivity index (χ1v) is 13.8. The maximum Gasteiger partial charge on any atom is 0.242 e. The van der Waals surface area contributed by atoms with Crippen LogP contribution < -0.4 is 20.7 Å². The molecule has 2 aromatic rings. The van der Waals surface area contributed by atoms with Crippen molar-refractivity contribution in [2.24, 2.45) is 5.92 Å². The predicted octanol–water partition coefficient (Wildman–Crippen LogP) is 2.00.